The van der Waals surface area contributed by atoms with Crippen LogP contribution in [0.4, 0.5) is 11.4 Å². The summed E-state index contributed by atoms with van der Waals surface area (Å²) in [5.41, 5.74) is 1.56. The van der Waals surface area contributed by atoms with E-state index in [4.69, 9.17) is 5.11 Å². The number of carboxylic acid groups (broad SMARTS) is 1. The van der Waals surface area contributed by atoms with E-state index in [1.807, 2.05) is 0 Å². The second kappa shape index (κ2) is 6.83. The zero-order valence-electron chi connectivity index (χ0n) is 12.2. The summed E-state index contributed by atoms with van der Waals surface area (Å²) in [5, 5.41) is 22.2. The molecule has 114 valence electrons. The maximum absolute atomic E-state index is 11.8. The number of rotatable bonds is 6. The van der Waals surface area contributed by atoms with Crippen LogP contribution in [0.3, 0.4) is 0 Å². The Morgan fingerprint density at radius 3 is 2.43 bits per heavy atom. The maximum Gasteiger partial charge on any atom is 0.303 e. The summed E-state index contributed by atoms with van der Waals surface area (Å²) in [6, 6.07) is 2.96. The van der Waals surface area contributed by atoms with Gasteiger partial charge in [0.25, 0.3) is 5.69 Å². The number of hydrogen-bond donors (Lipinski definition) is 2. The minimum absolute atomic E-state index is 0.0490. The molecule has 1 unspecified atom stereocenters. The molecule has 0 saturated heterocycles. The van der Waals surface area contributed by atoms with Crippen molar-refractivity contribution in [3.05, 3.63) is 33.4 Å². The Labute approximate surface area is 122 Å². The minimum atomic E-state index is -0.961. The Kier molecular flexibility index (Phi) is 5.40. The van der Waals surface area contributed by atoms with Gasteiger partial charge in [0.1, 0.15) is 0 Å². The maximum atomic E-state index is 11.8. The van der Waals surface area contributed by atoms with Crippen molar-refractivity contribution in [3.63, 3.8) is 0 Å². The first kappa shape index (κ1) is 16.6. The molecule has 1 atom stereocenters. The van der Waals surface area contributed by atoms with Crippen LogP contribution >= 0.6 is 0 Å². The highest BCUT2D eigenvalue weighted by molar-refractivity contribution is 5.92. The van der Waals surface area contributed by atoms with E-state index in [1.165, 1.54) is 6.07 Å². The molecular weight excluding hydrogens is 276 g/mol. The lowest BCUT2D eigenvalue weighted by molar-refractivity contribution is -0.385. The van der Waals surface area contributed by atoms with Gasteiger partial charge in [0, 0.05) is 24.5 Å². The summed E-state index contributed by atoms with van der Waals surface area (Å²) in [5.74, 6) is -1.62. The third-order valence-electron chi connectivity index (χ3n) is 3.07. The molecule has 1 rings (SSSR count). The number of anilines is 1. The second-order valence-electron chi connectivity index (χ2n) is 5.17. The molecular formula is C14H18N2O5. The van der Waals surface area contributed by atoms with Crippen molar-refractivity contribution in [2.24, 2.45) is 5.92 Å². The van der Waals surface area contributed by atoms with Gasteiger partial charge in [-0.3, -0.25) is 19.7 Å². The largest absolute Gasteiger partial charge is 0.481 e. The first-order chi connectivity index (χ1) is 9.70. The summed E-state index contributed by atoms with van der Waals surface area (Å²) < 4.78 is 0. The molecule has 0 aliphatic rings. The highest BCUT2D eigenvalue weighted by Crippen LogP contribution is 2.26. The average Bonchev–Trinajstić information content (AvgIpc) is 2.30. The monoisotopic (exact) mass is 294 g/mol. The predicted octanol–water partition coefficient (Wildman–Crippen LogP) is 2.65. The molecule has 2 N–H and O–H groups in total. The lowest BCUT2D eigenvalue weighted by Gasteiger charge is -2.12. The molecule has 0 saturated carbocycles. The number of benzene rings is 1. The summed E-state index contributed by atoms with van der Waals surface area (Å²) in [7, 11) is 0. The van der Waals surface area contributed by atoms with E-state index < -0.39 is 10.9 Å². The molecule has 1 amide bonds. The highest BCUT2D eigenvalue weighted by atomic mass is 16.6. The van der Waals surface area contributed by atoms with E-state index in [9.17, 15) is 19.7 Å². The number of nitro benzene ring substituents is 1. The van der Waals surface area contributed by atoms with Crippen molar-refractivity contribution >= 4 is 23.3 Å². The first-order valence-corrected chi connectivity index (χ1v) is 6.48. The number of amides is 1. The first-order valence-electron chi connectivity index (χ1n) is 6.48. The van der Waals surface area contributed by atoms with E-state index in [1.54, 1.807) is 26.8 Å². The summed E-state index contributed by atoms with van der Waals surface area (Å²) in [6.07, 6.45) is -0.0478. The number of carbonyl (C=O) groups is 2. The van der Waals surface area contributed by atoms with Crippen LogP contribution in [-0.4, -0.2) is 21.9 Å². The van der Waals surface area contributed by atoms with Crippen LogP contribution in [0.5, 0.6) is 0 Å². The van der Waals surface area contributed by atoms with E-state index in [0.717, 1.165) is 5.56 Å². The lowest BCUT2D eigenvalue weighted by Crippen LogP contribution is -2.17. The molecule has 0 radical (unpaired) electrons. The van der Waals surface area contributed by atoms with Crippen LogP contribution in [0.1, 0.15) is 30.9 Å². The number of nitro groups is 1. The van der Waals surface area contributed by atoms with Crippen molar-refractivity contribution in [1.29, 1.82) is 0 Å². The van der Waals surface area contributed by atoms with Gasteiger partial charge in [-0.2, -0.15) is 0 Å². The Morgan fingerprint density at radius 2 is 1.90 bits per heavy atom. The molecule has 0 heterocycles. The SMILES string of the molecule is Cc1cc(C)c([N+](=O)[O-])cc1NC(=O)CC(C)CC(=O)O. The van der Waals surface area contributed by atoms with Gasteiger partial charge < -0.3 is 10.4 Å². The van der Waals surface area contributed by atoms with Crippen LogP contribution in [0, 0.1) is 29.9 Å². The molecule has 0 aliphatic carbocycles. The van der Waals surface area contributed by atoms with Crippen LogP contribution in [0.15, 0.2) is 12.1 Å². The average molecular weight is 294 g/mol. The lowest BCUT2D eigenvalue weighted by atomic mass is 10.0. The van der Waals surface area contributed by atoms with E-state index in [-0.39, 0.29) is 30.4 Å². The molecule has 0 aromatic heterocycles. The van der Waals surface area contributed by atoms with E-state index in [2.05, 4.69) is 5.32 Å². The number of hydrogen-bond acceptors (Lipinski definition) is 4. The van der Waals surface area contributed by atoms with Gasteiger partial charge >= 0.3 is 5.97 Å². The summed E-state index contributed by atoms with van der Waals surface area (Å²) in [4.78, 5) is 32.8. The molecule has 7 nitrogen and oxygen atoms in total. The fraction of sp³-hybridized carbons (Fsp3) is 0.429. The van der Waals surface area contributed by atoms with Gasteiger partial charge in [-0.05, 0) is 31.4 Å². The third-order valence-corrected chi connectivity index (χ3v) is 3.07. The van der Waals surface area contributed by atoms with E-state index >= 15 is 0 Å². The van der Waals surface area contributed by atoms with Crippen LogP contribution in [0.2, 0.25) is 0 Å². The molecule has 0 bridgehead atoms. The third kappa shape index (κ3) is 4.87. The summed E-state index contributed by atoms with van der Waals surface area (Å²) >= 11 is 0. The van der Waals surface area contributed by atoms with Crippen LogP contribution < -0.4 is 5.32 Å². The zero-order chi connectivity index (χ0) is 16.2. The zero-order valence-corrected chi connectivity index (χ0v) is 12.2. The summed E-state index contributed by atoms with van der Waals surface area (Å²) in [6.45, 7) is 5.04. The number of aryl methyl sites for hydroxylation is 2. The number of carboxylic acids is 1. The predicted molar refractivity (Wildman–Crippen MR) is 77.2 cm³/mol. The quantitative estimate of drug-likeness (QED) is 0.619. The number of carbonyl (C=O) groups excluding carboxylic acids is 1. The molecule has 0 fully saturated rings. The Bertz CT molecular complexity index is 583. The Balaban J connectivity index is 2.83. The fourth-order valence-electron chi connectivity index (χ4n) is 2.06. The van der Waals surface area contributed by atoms with Gasteiger partial charge in [0.15, 0.2) is 0 Å². The molecule has 1 aromatic rings. The van der Waals surface area contributed by atoms with Gasteiger partial charge in [-0.25, -0.2) is 0 Å². The van der Waals surface area contributed by atoms with Crippen molar-refractivity contribution < 1.29 is 19.6 Å². The van der Waals surface area contributed by atoms with Crippen LogP contribution in [0.25, 0.3) is 0 Å². The molecule has 0 spiro atoms. The van der Waals surface area contributed by atoms with Gasteiger partial charge in [0.2, 0.25) is 5.91 Å². The van der Waals surface area contributed by atoms with Gasteiger partial charge in [-0.1, -0.05) is 6.92 Å². The topological polar surface area (TPSA) is 110 Å². The molecule has 7 heteroatoms. The second-order valence-corrected chi connectivity index (χ2v) is 5.17. The Hall–Kier alpha value is -2.44. The smallest absolute Gasteiger partial charge is 0.303 e. The van der Waals surface area contributed by atoms with Gasteiger partial charge in [-0.15, -0.1) is 0 Å². The minimum Gasteiger partial charge on any atom is -0.481 e. The molecule has 0 aliphatic heterocycles. The Morgan fingerprint density at radius 1 is 1.29 bits per heavy atom. The number of nitrogens with zero attached hydrogens (tertiary/aromatic N) is 1. The van der Waals surface area contributed by atoms with Crippen molar-refractivity contribution in [3.8, 4) is 0 Å². The highest BCUT2D eigenvalue weighted by Gasteiger charge is 2.17. The van der Waals surface area contributed by atoms with E-state index in [0.29, 0.717) is 11.3 Å². The van der Waals surface area contributed by atoms with Crippen molar-refractivity contribution in [2.45, 2.75) is 33.6 Å². The van der Waals surface area contributed by atoms with Crippen LogP contribution in [-0.2, 0) is 9.59 Å². The van der Waals surface area contributed by atoms with Gasteiger partial charge in [0.05, 0.1) is 10.6 Å². The fourth-order valence-corrected chi connectivity index (χ4v) is 2.06. The molecule has 21 heavy (non-hydrogen) atoms. The molecule has 1 aromatic carbocycles. The van der Waals surface area contributed by atoms with Crippen molar-refractivity contribution in [1.82, 2.24) is 0 Å². The number of nitrogens with one attached hydrogen (secondary N) is 1. The standard InChI is InChI=1S/C14H18N2O5/c1-8(5-14(18)19)4-13(17)15-11-7-12(16(20)21)10(3)6-9(11)2/h6-8H,4-5H2,1-3H3,(H,15,17)(H,18,19). The van der Waals surface area contributed by atoms with Crippen molar-refractivity contribution in [2.75, 3.05) is 5.32 Å². The number of aliphatic carboxylic acids is 1. The normalized spacial score (nSPS) is 11.8.